The maximum Gasteiger partial charge on any atom is 0.252 e. The molecule has 1 aliphatic rings. The fourth-order valence-electron chi connectivity index (χ4n) is 2.48. The lowest BCUT2D eigenvalue weighted by Gasteiger charge is -2.45. The van der Waals surface area contributed by atoms with Gasteiger partial charge in [0.25, 0.3) is 5.91 Å². The van der Waals surface area contributed by atoms with E-state index in [1.165, 1.54) is 11.1 Å². The third kappa shape index (κ3) is 2.13. The van der Waals surface area contributed by atoms with Crippen LogP contribution in [0.15, 0.2) is 60.7 Å². The Morgan fingerprint density at radius 1 is 0.895 bits per heavy atom. The van der Waals surface area contributed by atoms with E-state index in [0.29, 0.717) is 6.54 Å². The van der Waals surface area contributed by atoms with Crippen LogP contribution in [-0.4, -0.2) is 29.5 Å². The minimum absolute atomic E-state index is 0.102. The van der Waals surface area contributed by atoms with E-state index in [0.717, 1.165) is 0 Å². The molecule has 1 amide bonds. The highest BCUT2D eigenvalue weighted by Crippen LogP contribution is 2.32. The summed E-state index contributed by atoms with van der Waals surface area (Å²) in [5.74, 6) is 0.164. The van der Waals surface area contributed by atoms with Crippen LogP contribution in [0.1, 0.15) is 17.2 Å². The number of nitrogens with zero attached hydrogens (tertiary/aromatic N) is 2. The first-order chi connectivity index (χ1) is 9.27. The van der Waals surface area contributed by atoms with Gasteiger partial charge >= 0.3 is 0 Å². The molecule has 2 aromatic carbocycles. The summed E-state index contributed by atoms with van der Waals surface area (Å²) in [7, 11) is 1.82. The summed E-state index contributed by atoms with van der Waals surface area (Å²) in [5, 5.41) is 3.79. The number of benzene rings is 2. The molecule has 0 radical (unpaired) electrons. The van der Waals surface area contributed by atoms with Crippen molar-refractivity contribution in [1.82, 2.24) is 10.0 Å². The summed E-state index contributed by atoms with van der Waals surface area (Å²) < 4.78 is 0. The van der Waals surface area contributed by atoms with Crippen molar-refractivity contribution in [2.24, 2.45) is 0 Å². The van der Waals surface area contributed by atoms with Gasteiger partial charge in [-0.3, -0.25) is 9.80 Å². The van der Waals surface area contributed by atoms with Crippen molar-refractivity contribution in [2.75, 3.05) is 13.6 Å². The first kappa shape index (κ1) is 11.9. The summed E-state index contributed by atoms with van der Waals surface area (Å²) in [5.41, 5.74) is 2.40. The van der Waals surface area contributed by atoms with Crippen LogP contribution < -0.4 is 0 Å². The molecule has 0 unspecified atom stereocenters. The quantitative estimate of drug-likeness (QED) is 0.837. The van der Waals surface area contributed by atoms with Crippen LogP contribution in [0.4, 0.5) is 0 Å². The first-order valence-corrected chi connectivity index (χ1v) is 6.40. The van der Waals surface area contributed by atoms with Crippen LogP contribution in [0.2, 0.25) is 0 Å². The lowest BCUT2D eigenvalue weighted by molar-refractivity contribution is -0.177. The third-order valence-electron chi connectivity index (χ3n) is 3.57. The predicted octanol–water partition coefficient (Wildman–Crippen LogP) is 2.46. The van der Waals surface area contributed by atoms with E-state index in [-0.39, 0.29) is 11.9 Å². The molecule has 0 aromatic heterocycles. The van der Waals surface area contributed by atoms with Gasteiger partial charge in [0.2, 0.25) is 0 Å². The van der Waals surface area contributed by atoms with Crippen LogP contribution >= 0.6 is 0 Å². The Labute approximate surface area is 113 Å². The van der Waals surface area contributed by atoms with Crippen molar-refractivity contribution in [1.29, 1.82) is 0 Å². The SMILES string of the molecule is CN1C(=O)CN1C(c1ccccc1)c1ccccc1. The molecule has 2 aromatic rings. The van der Waals surface area contributed by atoms with E-state index >= 15 is 0 Å². The molecule has 0 bridgehead atoms. The van der Waals surface area contributed by atoms with Crippen molar-refractivity contribution in [3.63, 3.8) is 0 Å². The van der Waals surface area contributed by atoms with Crippen molar-refractivity contribution >= 4 is 5.91 Å². The molecule has 3 nitrogen and oxygen atoms in total. The summed E-state index contributed by atoms with van der Waals surface area (Å²) >= 11 is 0. The maximum absolute atomic E-state index is 11.5. The topological polar surface area (TPSA) is 23.6 Å². The highest BCUT2D eigenvalue weighted by atomic mass is 16.2. The minimum atomic E-state index is 0.102. The van der Waals surface area contributed by atoms with Gasteiger partial charge in [-0.1, -0.05) is 60.7 Å². The minimum Gasteiger partial charge on any atom is -0.276 e. The van der Waals surface area contributed by atoms with Crippen molar-refractivity contribution in [3.8, 4) is 0 Å². The number of carbonyl (C=O) groups is 1. The van der Waals surface area contributed by atoms with Crippen molar-refractivity contribution in [2.45, 2.75) is 6.04 Å². The summed E-state index contributed by atoms with van der Waals surface area (Å²) in [6.07, 6.45) is 0. The number of carbonyl (C=O) groups excluding carboxylic acids is 1. The zero-order valence-corrected chi connectivity index (χ0v) is 10.9. The number of amides is 1. The van der Waals surface area contributed by atoms with Crippen LogP contribution in [0.3, 0.4) is 0 Å². The standard InChI is InChI=1S/C16H16N2O/c1-17-15(19)12-18(17)16(13-8-4-2-5-9-13)14-10-6-3-7-11-14/h2-11,16H,12H2,1H3. The molecule has 1 fully saturated rings. The molecule has 1 aliphatic heterocycles. The normalized spacial score (nSPS) is 15.7. The second-order valence-electron chi connectivity index (χ2n) is 4.74. The highest BCUT2D eigenvalue weighted by molar-refractivity contribution is 5.82. The van der Waals surface area contributed by atoms with Crippen LogP contribution in [-0.2, 0) is 4.79 Å². The zero-order chi connectivity index (χ0) is 13.2. The first-order valence-electron chi connectivity index (χ1n) is 6.40. The fourth-order valence-corrected chi connectivity index (χ4v) is 2.48. The van der Waals surface area contributed by atoms with Gasteiger partial charge in [0, 0.05) is 7.05 Å². The van der Waals surface area contributed by atoms with Gasteiger partial charge in [-0.15, -0.1) is 0 Å². The molecule has 0 N–H and O–H groups in total. The molecule has 0 saturated carbocycles. The smallest absolute Gasteiger partial charge is 0.252 e. The molecule has 1 saturated heterocycles. The van der Waals surface area contributed by atoms with Crippen LogP contribution in [0, 0.1) is 0 Å². The average molecular weight is 252 g/mol. The lowest BCUT2D eigenvalue weighted by atomic mass is 9.97. The molecular formula is C16H16N2O. The molecule has 3 heteroatoms. The number of hydrazine groups is 1. The van der Waals surface area contributed by atoms with E-state index in [9.17, 15) is 4.79 Å². The summed E-state index contributed by atoms with van der Waals surface area (Å²) in [6, 6.07) is 20.7. The van der Waals surface area contributed by atoms with Gasteiger partial charge in [0.05, 0.1) is 12.6 Å². The summed E-state index contributed by atoms with van der Waals surface area (Å²) in [6.45, 7) is 0.477. The molecule has 0 aliphatic carbocycles. The monoisotopic (exact) mass is 252 g/mol. The van der Waals surface area contributed by atoms with Gasteiger partial charge in [-0.2, -0.15) is 5.01 Å². The van der Waals surface area contributed by atoms with Gasteiger partial charge in [0.1, 0.15) is 0 Å². The molecular weight excluding hydrogens is 236 g/mol. The van der Waals surface area contributed by atoms with Gasteiger partial charge < -0.3 is 0 Å². The summed E-state index contributed by atoms with van der Waals surface area (Å²) in [4.78, 5) is 11.5. The Kier molecular flexibility index (Phi) is 3.05. The molecule has 0 atom stereocenters. The fraction of sp³-hybridized carbons (Fsp3) is 0.188. The molecule has 19 heavy (non-hydrogen) atoms. The van der Waals surface area contributed by atoms with Gasteiger partial charge in [-0.05, 0) is 11.1 Å². The lowest BCUT2D eigenvalue weighted by Crippen LogP contribution is -2.60. The second kappa shape index (κ2) is 4.86. The van der Waals surface area contributed by atoms with Crippen LogP contribution in [0.25, 0.3) is 0 Å². The van der Waals surface area contributed by atoms with Crippen LogP contribution in [0.5, 0.6) is 0 Å². The second-order valence-corrected chi connectivity index (χ2v) is 4.74. The largest absolute Gasteiger partial charge is 0.276 e. The molecule has 96 valence electrons. The predicted molar refractivity (Wildman–Crippen MR) is 74.2 cm³/mol. The highest BCUT2D eigenvalue weighted by Gasteiger charge is 2.37. The number of hydrogen-bond acceptors (Lipinski definition) is 2. The Morgan fingerprint density at radius 2 is 1.37 bits per heavy atom. The number of rotatable bonds is 3. The van der Waals surface area contributed by atoms with E-state index in [1.54, 1.807) is 5.01 Å². The van der Waals surface area contributed by atoms with Gasteiger partial charge in [-0.25, -0.2) is 0 Å². The molecule has 1 heterocycles. The zero-order valence-electron chi connectivity index (χ0n) is 10.9. The number of hydrogen-bond donors (Lipinski definition) is 0. The van der Waals surface area contributed by atoms with E-state index in [4.69, 9.17) is 0 Å². The van der Waals surface area contributed by atoms with E-state index in [2.05, 4.69) is 29.3 Å². The molecule has 3 rings (SSSR count). The van der Waals surface area contributed by atoms with Crippen molar-refractivity contribution < 1.29 is 4.79 Å². The maximum atomic E-state index is 11.5. The Hall–Kier alpha value is -2.13. The Balaban J connectivity index is 2.00. The third-order valence-corrected chi connectivity index (χ3v) is 3.57. The Morgan fingerprint density at radius 3 is 1.74 bits per heavy atom. The van der Waals surface area contributed by atoms with Gasteiger partial charge in [0.15, 0.2) is 0 Å². The Bertz CT molecular complexity index is 528. The average Bonchev–Trinajstić information content (AvgIpc) is 2.49. The number of likely N-dealkylation sites (N-methyl/N-ethyl adjacent to an activating group) is 1. The van der Waals surface area contributed by atoms with Crippen molar-refractivity contribution in [3.05, 3.63) is 71.8 Å². The van der Waals surface area contributed by atoms with E-state index < -0.39 is 0 Å². The molecule has 0 spiro atoms. The van der Waals surface area contributed by atoms with E-state index in [1.807, 2.05) is 43.4 Å².